The summed E-state index contributed by atoms with van der Waals surface area (Å²) in [6, 6.07) is 14.9. The molecule has 1 atom stereocenters. The maximum Gasteiger partial charge on any atom is 0.338 e. The van der Waals surface area contributed by atoms with E-state index in [0.29, 0.717) is 25.1 Å². The van der Waals surface area contributed by atoms with Crippen LogP contribution in [0.25, 0.3) is 0 Å². The fourth-order valence-corrected chi connectivity index (χ4v) is 4.86. The minimum atomic E-state index is -3.83. The summed E-state index contributed by atoms with van der Waals surface area (Å²) < 4.78 is 32.4. The molecule has 1 heterocycles. The van der Waals surface area contributed by atoms with Crippen molar-refractivity contribution in [2.24, 2.45) is 5.92 Å². The summed E-state index contributed by atoms with van der Waals surface area (Å²) in [6.07, 6.45) is 1.21. The van der Waals surface area contributed by atoms with E-state index in [4.69, 9.17) is 4.74 Å². The number of anilines is 1. The molecule has 8 heteroatoms. The molecule has 2 aromatic rings. The van der Waals surface area contributed by atoms with Crippen molar-refractivity contribution in [3.63, 3.8) is 0 Å². The average molecular weight is 416 g/mol. The van der Waals surface area contributed by atoms with Gasteiger partial charge < -0.3 is 10.1 Å². The van der Waals surface area contributed by atoms with Crippen molar-refractivity contribution in [1.82, 2.24) is 4.31 Å². The second kappa shape index (κ2) is 9.19. The molecule has 154 valence electrons. The zero-order valence-electron chi connectivity index (χ0n) is 16.2. The number of piperidine rings is 1. The predicted octanol–water partition coefficient (Wildman–Crippen LogP) is 2.90. The van der Waals surface area contributed by atoms with E-state index in [-0.39, 0.29) is 29.5 Å². The van der Waals surface area contributed by atoms with Crippen molar-refractivity contribution in [2.45, 2.75) is 24.7 Å². The molecule has 1 saturated heterocycles. The predicted molar refractivity (Wildman–Crippen MR) is 109 cm³/mol. The topological polar surface area (TPSA) is 92.8 Å². The van der Waals surface area contributed by atoms with Gasteiger partial charge in [0.15, 0.2) is 0 Å². The van der Waals surface area contributed by atoms with Gasteiger partial charge in [0, 0.05) is 18.8 Å². The van der Waals surface area contributed by atoms with Gasteiger partial charge in [-0.15, -0.1) is 0 Å². The van der Waals surface area contributed by atoms with E-state index >= 15 is 0 Å². The van der Waals surface area contributed by atoms with Crippen LogP contribution in [-0.4, -0.2) is 44.3 Å². The molecule has 29 heavy (non-hydrogen) atoms. The summed E-state index contributed by atoms with van der Waals surface area (Å²) in [6.45, 7) is 2.33. The number of esters is 1. The Morgan fingerprint density at radius 1 is 1.14 bits per heavy atom. The van der Waals surface area contributed by atoms with Crippen LogP contribution >= 0.6 is 0 Å². The van der Waals surface area contributed by atoms with E-state index in [1.54, 1.807) is 19.1 Å². The first kappa shape index (κ1) is 21.0. The lowest BCUT2D eigenvalue weighted by atomic mass is 9.99. The molecule has 1 amide bonds. The number of benzene rings is 2. The zero-order valence-corrected chi connectivity index (χ0v) is 17.0. The van der Waals surface area contributed by atoms with Gasteiger partial charge in [0.25, 0.3) is 0 Å². The number of nitrogens with zero attached hydrogens (tertiary/aromatic N) is 1. The molecule has 1 fully saturated rings. The largest absolute Gasteiger partial charge is 0.462 e. The lowest BCUT2D eigenvalue weighted by molar-refractivity contribution is -0.120. The Kier molecular flexibility index (Phi) is 6.66. The normalized spacial score (nSPS) is 17.5. The molecule has 7 nitrogen and oxygen atoms in total. The Morgan fingerprint density at radius 2 is 1.90 bits per heavy atom. The number of carbonyl (C=O) groups excluding carboxylic acids is 2. The molecule has 1 aliphatic rings. The monoisotopic (exact) mass is 416 g/mol. The Hall–Kier alpha value is -2.71. The van der Waals surface area contributed by atoms with Crippen molar-refractivity contribution in [3.8, 4) is 0 Å². The summed E-state index contributed by atoms with van der Waals surface area (Å²) in [4.78, 5) is 24.6. The Morgan fingerprint density at radius 3 is 2.62 bits per heavy atom. The van der Waals surface area contributed by atoms with Crippen molar-refractivity contribution in [3.05, 3.63) is 60.2 Å². The highest BCUT2D eigenvalue weighted by molar-refractivity contribution is 7.89. The van der Waals surface area contributed by atoms with Gasteiger partial charge in [0.1, 0.15) is 0 Å². The Bertz CT molecular complexity index is 976. The van der Waals surface area contributed by atoms with Crippen molar-refractivity contribution < 1.29 is 22.7 Å². The van der Waals surface area contributed by atoms with Crippen LogP contribution in [-0.2, 0) is 19.6 Å². The Labute approximate surface area is 170 Å². The molecule has 0 aromatic heterocycles. The van der Waals surface area contributed by atoms with Gasteiger partial charge in [-0.05, 0) is 50.1 Å². The molecular weight excluding hydrogens is 392 g/mol. The van der Waals surface area contributed by atoms with Crippen LogP contribution in [0.3, 0.4) is 0 Å². The molecule has 0 bridgehead atoms. The van der Waals surface area contributed by atoms with Gasteiger partial charge >= 0.3 is 5.97 Å². The van der Waals surface area contributed by atoms with Crippen LogP contribution in [0.2, 0.25) is 0 Å². The van der Waals surface area contributed by atoms with Gasteiger partial charge in [0.05, 0.1) is 23.0 Å². The number of hydrogen-bond donors (Lipinski definition) is 1. The van der Waals surface area contributed by atoms with Crippen LogP contribution in [0.5, 0.6) is 0 Å². The fourth-order valence-electron chi connectivity index (χ4n) is 3.29. The molecule has 0 aliphatic carbocycles. The highest BCUT2D eigenvalue weighted by Gasteiger charge is 2.33. The molecule has 1 N–H and O–H groups in total. The van der Waals surface area contributed by atoms with E-state index in [2.05, 4.69) is 5.32 Å². The molecule has 0 radical (unpaired) electrons. The van der Waals surface area contributed by atoms with Crippen LogP contribution in [0, 0.1) is 5.92 Å². The van der Waals surface area contributed by atoms with Gasteiger partial charge in [0.2, 0.25) is 15.9 Å². The summed E-state index contributed by atoms with van der Waals surface area (Å²) in [5.41, 5.74) is 0.864. The maximum absolute atomic E-state index is 13.1. The molecule has 2 aromatic carbocycles. The third kappa shape index (κ3) is 5.02. The number of nitrogens with one attached hydrogen (secondary N) is 1. The standard InChI is InChI=1S/C21H24N2O5S/c1-2-28-21(25)16-8-6-12-19(14-16)29(26,27)23-13-7-9-17(15-23)20(24)22-18-10-4-3-5-11-18/h3-6,8,10-12,14,17H,2,7,9,13,15H2,1H3,(H,22,24). The highest BCUT2D eigenvalue weighted by atomic mass is 32.2. The second-order valence-corrected chi connectivity index (χ2v) is 8.74. The van der Waals surface area contributed by atoms with Crippen LogP contribution < -0.4 is 5.32 Å². The zero-order chi connectivity index (χ0) is 20.9. The SMILES string of the molecule is CCOC(=O)c1cccc(S(=O)(=O)N2CCCC(C(=O)Nc3ccccc3)C2)c1. The van der Waals surface area contributed by atoms with E-state index < -0.39 is 21.9 Å². The smallest absolute Gasteiger partial charge is 0.338 e. The summed E-state index contributed by atoms with van der Waals surface area (Å²) in [5, 5.41) is 2.84. The van der Waals surface area contributed by atoms with E-state index in [1.807, 2.05) is 18.2 Å². The highest BCUT2D eigenvalue weighted by Crippen LogP contribution is 2.25. The third-order valence-electron chi connectivity index (χ3n) is 4.78. The summed E-state index contributed by atoms with van der Waals surface area (Å²) in [5.74, 6) is -1.20. The van der Waals surface area contributed by atoms with Gasteiger partial charge in [-0.3, -0.25) is 4.79 Å². The number of amides is 1. The van der Waals surface area contributed by atoms with Gasteiger partial charge in [-0.1, -0.05) is 24.3 Å². The summed E-state index contributed by atoms with van der Waals surface area (Å²) in [7, 11) is -3.83. The number of hydrogen-bond acceptors (Lipinski definition) is 5. The van der Waals surface area contributed by atoms with E-state index in [1.165, 1.54) is 28.6 Å². The molecule has 3 rings (SSSR count). The molecule has 0 saturated carbocycles. The first-order valence-electron chi connectivity index (χ1n) is 9.55. The first-order valence-corrected chi connectivity index (χ1v) is 11.0. The lowest BCUT2D eigenvalue weighted by Gasteiger charge is -2.31. The number of para-hydroxylation sites is 1. The minimum Gasteiger partial charge on any atom is -0.462 e. The average Bonchev–Trinajstić information content (AvgIpc) is 2.75. The first-order chi connectivity index (χ1) is 13.9. The molecule has 0 spiro atoms. The van der Waals surface area contributed by atoms with Crippen molar-refractivity contribution >= 4 is 27.6 Å². The molecule has 1 unspecified atom stereocenters. The molecule has 1 aliphatic heterocycles. The van der Waals surface area contributed by atoms with E-state index in [0.717, 1.165) is 0 Å². The van der Waals surface area contributed by atoms with Crippen LogP contribution in [0.4, 0.5) is 5.69 Å². The quantitative estimate of drug-likeness (QED) is 0.731. The third-order valence-corrected chi connectivity index (χ3v) is 6.64. The second-order valence-electron chi connectivity index (χ2n) is 6.81. The number of rotatable bonds is 6. The molecular formula is C21H24N2O5S. The minimum absolute atomic E-state index is 0.0205. The lowest BCUT2D eigenvalue weighted by Crippen LogP contribution is -2.43. The van der Waals surface area contributed by atoms with Crippen molar-refractivity contribution in [2.75, 3.05) is 25.0 Å². The van der Waals surface area contributed by atoms with Gasteiger partial charge in [-0.2, -0.15) is 4.31 Å². The van der Waals surface area contributed by atoms with Crippen LogP contribution in [0.1, 0.15) is 30.1 Å². The number of sulfonamides is 1. The van der Waals surface area contributed by atoms with E-state index in [9.17, 15) is 18.0 Å². The number of carbonyl (C=O) groups is 2. The van der Waals surface area contributed by atoms with Gasteiger partial charge in [-0.25, -0.2) is 13.2 Å². The number of ether oxygens (including phenoxy) is 1. The summed E-state index contributed by atoms with van der Waals surface area (Å²) >= 11 is 0. The van der Waals surface area contributed by atoms with Crippen LogP contribution in [0.15, 0.2) is 59.5 Å². The van der Waals surface area contributed by atoms with Crippen molar-refractivity contribution in [1.29, 1.82) is 0 Å². The Balaban J connectivity index is 1.74. The maximum atomic E-state index is 13.1. The fraction of sp³-hybridized carbons (Fsp3) is 0.333.